The molecular weight excluding hydrogens is 258 g/mol. The van der Waals surface area contributed by atoms with Crippen molar-refractivity contribution in [3.05, 3.63) is 30.3 Å². The van der Waals surface area contributed by atoms with Crippen molar-refractivity contribution in [2.45, 2.75) is 12.8 Å². The Morgan fingerprint density at radius 2 is 1.85 bits per heavy atom. The molecule has 1 aromatic carbocycles. The summed E-state index contributed by atoms with van der Waals surface area (Å²) in [4.78, 5) is 37.5. The lowest BCUT2D eigenvalue weighted by molar-refractivity contribution is 0.211. The summed E-state index contributed by atoms with van der Waals surface area (Å²) in [5, 5.41) is 2.35. The zero-order chi connectivity index (χ0) is 14.4. The molecule has 0 unspecified atom stereocenters. The molecule has 1 aliphatic heterocycles. The van der Waals surface area contributed by atoms with Gasteiger partial charge in [-0.2, -0.15) is 0 Å². The Bertz CT molecular complexity index is 484. The molecule has 1 radical (unpaired) electrons. The van der Waals surface area contributed by atoms with E-state index >= 15 is 0 Å². The first-order valence-electron chi connectivity index (χ1n) is 6.51. The minimum atomic E-state index is -0.614. The molecule has 0 saturated carbocycles. The van der Waals surface area contributed by atoms with E-state index in [2.05, 4.69) is 5.32 Å². The number of benzene rings is 1. The number of amides is 4. The van der Waals surface area contributed by atoms with Gasteiger partial charge in [-0.05, 0) is 25.0 Å². The van der Waals surface area contributed by atoms with Crippen molar-refractivity contribution in [1.29, 1.82) is 0 Å². The van der Waals surface area contributed by atoms with Gasteiger partial charge in [0.05, 0.1) is 12.2 Å². The molecule has 0 atom stereocenters. The number of anilines is 1. The fourth-order valence-electron chi connectivity index (χ4n) is 2.13. The molecule has 6 heteroatoms. The van der Waals surface area contributed by atoms with Gasteiger partial charge in [0.1, 0.15) is 0 Å². The number of hydrogen-bond donors (Lipinski definition) is 1. The van der Waals surface area contributed by atoms with Gasteiger partial charge in [0.2, 0.25) is 6.29 Å². The van der Waals surface area contributed by atoms with Crippen molar-refractivity contribution in [3.8, 4) is 0 Å². The van der Waals surface area contributed by atoms with Crippen LogP contribution in [0.4, 0.5) is 15.3 Å². The molecule has 0 aromatic heterocycles. The molecule has 1 heterocycles. The van der Waals surface area contributed by atoms with Crippen LogP contribution < -0.4 is 10.2 Å². The topological polar surface area (TPSA) is 69.7 Å². The molecular formula is C14H16N3O3. The van der Waals surface area contributed by atoms with E-state index in [9.17, 15) is 14.4 Å². The lowest BCUT2D eigenvalue weighted by Crippen LogP contribution is -2.50. The van der Waals surface area contributed by atoms with E-state index in [4.69, 9.17) is 0 Å². The molecule has 6 nitrogen and oxygen atoms in total. The normalized spacial score (nSPS) is 13.9. The van der Waals surface area contributed by atoms with Gasteiger partial charge in [0, 0.05) is 13.1 Å². The van der Waals surface area contributed by atoms with Crippen LogP contribution in [0.5, 0.6) is 0 Å². The van der Waals surface area contributed by atoms with Gasteiger partial charge in [-0.25, -0.2) is 14.5 Å². The summed E-state index contributed by atoms with van der Waals surface area (Å²) in [6.45, 7) is 1.06. The maximum absolute atomic E-state index is 12.4. The van der Waals surface area contributed by atoms with Gasteiger partial charge < -0.3 is 10.2 Å². The Kier molecular flexibility index (Phi) is 4.70. The van der Waals surface area contributed by atoms with Crippen LogP contribution >= 0.6 is 0 Å². The van der Waals surface area contributed by atoms with Crippen molar-refractivity contribution < 1.29 is 14.4 Å². The third-order valence-electron chi connectivity index (χ3n) is 3.10. The number of imide groups is 1. The fraction of sp³-hybridized carbons (Fsp3) is 0.357. The summed E-state index contributed by atoms with van der Waals surface area (Å²) in [5.74, 6) is 0. The maximum atomic E-state index is 12.4. The Morgan fingerprint density at radius 1 is 1.20 bits per heavy atom. The number of carbonyl (C=O) groups is 2. The van der Waals surface area contributed by atoms with Gasteiger partial charge in [0.15, 0.2) is 0 Å². The number of likely N-dealkylation sites (tertiary alicyclic amines) is 1. The van der Waals surface area contributed by atoms with Crippen LogP contribution in [0.3, 0.4) is 0 Å². The summed E-state index contributed by atoms with van der Waals surface area (Å²) < 4.78 is 0. The van der Waals surface area contributed by atoms with Crippen LogP contribution in [0.2, 0.25) is 0 Å². The minimum absolute atomic E-state index is 0.241. The zero-order valence-corrected chi connectivity index (χ0v) is 11.0. The Hall–Kier alpha value is -2.37. The molecule has 1 fully saturated rings. The van der Waals surface area contributed by atoms with Gasteiger partial charge in [0.25, 0.3) is 0 Å². The lowest BCUT2D eigenvalue weighted by atomic mass is 10.3. The van der Waals surface area contributed by atoms with Crippen molar-refractivity contribution in [3.63, 3.8) is 0 Å². The molecule has 1 saturated heterocycles. The number of urea groups is 2. The SMILES string of the molecule is O=[C]CNC(=O)N(C(=O)N1CCCC1)c1ccccc1. The van der Waals surface area contributed by atoms with E-state index in [1.54, 1.807) is 41.5 Å². The molecule has 0 spiro atoms. The molecule has 105 valence electrons. The summed E-state index contributed by atoms with van der Waals surface area (Å²) in [6, 6.07) is 7.68. The highest BCUT2D eigenvalue weighted by molar-refractivity contribution is 6.13. The third kappa shape index (κ3) is 3.14. The summed E-state index contributed by atoms with van der Waals surface area (Å²) in [6.07, 6.45) is 3.47. The van der Waals surface area contributed by atoms with Crippen LogP contribution in [0, 0.1) is 0 Å². The van der Waals surface area contributed by atoms with Gasteiger partial charge in [-0.3, -0.25) is 4.79 Å². The van der Waals surface area contributed by atoms with E-state index in [1.807, 2.05) is 0 Å². The average molecular weight is 274 g/mol. The highest BCUT2D eigenvalue weighted by atomic mass is 16.2. The molecule has 20 heavy (non-hydrogen) atoms. The highest BCUT2D eigenvalue weighted by Gasteiger charge is 2.29. The molecule has 1 aromatic rings. The molecule has 0 bridgehead atoms. The average Bonchev–Trinajstić information content (AvgIpc) is 3.00. The quantitative estimate of drug-likeness (QED) is 0.908. The monoisotopic (exact) mass is 274 g/mol. The van der Waals surface area contributed by atoms with E-state index in [0.29, 0.717) is 18.8 Å². The maximum Gasteiger partial charge on any atom is 0.332 e. The summed E-state index contributed by atoms with van der Waals surface area (Å²) in [7, 11) is 0. The number of nitrogens with one attached hydrogen (secondary N) is 1. The fourth-order valence-corrected chi connectivity index (χ4v) is 2.13. The van der Waals surface area contributed by atoms with Crippen molar-refractivity contribution in [2.75, 3.05) is 24.5 Å². The second-order valence-electron chi connectivity index (χ2n) is 4.45. The van der Waals surface area contributed by atoms with Crippen molar-refractivity contribution >= 4 is 24.0 Å². The minimum Gasteiger partial charge on any atom is -0.330 e. The lowest BCUT2D eigenvalue weighted by Gasteiger charge is -2.26. The van der Waals surface area contributed by atoms with Gasteiger partial charge in [-0.15, -0.1) is 0 Å². The first-order valence-corrected chi connectivity index (χ1v) is 6.51. The number of hydrogen-bond acceptors (Lipinski definition) is 3. The summed E-state index contributed by atoms with van der Waals surface area (Å²) in [5.41, 5.74) is 0.479. The summed E-state index contributed by atoms with van der Waals surface area (Å²) >= 11 is 0. The third-order valence-corrected chi connectivity index (χ3v) is 3.10. The zero-order valence-electron chi connectivity index (χ0n) is 11.0. The smallest absolute Gasteiger partial charge is 0.330 e. The Morgan fingerprint density at radius 3 is 2.45 bits per heavy atom. The van der Waals surface area contributed by atoms with E-state index in [-0.39, 0.29) is 12.6 Å². The van der Waals surface area contributed by atoms with Crippen LogP contribution in [0.25, 0.3) is 0 Å². The predicted molar refractivity (Wildman–Crippen MR) is 74.2 cm³/mol. The van der Waals surface area contributed by atoms with Crippen molar-refractivity contribution in [2.24, 2.45) is 0 Å². The standard InChI is InChI=1S/C14H16N3O3/c18-11-8-15-13(19)17(12-6-2-1-3-7-12)14(20)16-9-4-5-10-16/h1-3,6-7H,4-5,8-10H2,(H,15,19). The van der Waals surface area contributed by atoms with Crippen LogP contribution in [0.1, 0.15) is 12.8 Å². The largest absolute Gasteiger partial charge is 0.332 e. The number of rotatable bonds is 3. The van der Waals surface area contributed by atoms with E-state index in [0.717, 1.165) is 17.7 Å². The van der Waals surface area contributed by atoms with E-state index in [1.165, 1.54) is 0 Å². The Labute approximate surface area is 117 Å². The number of carbonyl (C=O) groups excluding carboxylic acids is 3. The number of para-hydroxylation sites is 1. The molecule has 0 aliphatic carbocycles. The second-order valence-corrected chi connectivity index (χ2v) is 4.45. The first kappa shape index (κ1) is 14.0. The van der Waals surface area contributed by atoms with Crippen LogP contribution in [-0.4, -0.2) is 42.9 Å². The van der Waals surface area contributed by atoms with Crippen LogP contribution in [-0.2, 0) is 4.79 Å². The first-order chi connectivity index (χ1) is 9.74. The molecule has 1 aliphatic rings. The van der Waals surface area contributed by atoms with Gasteiger partial charge >= 0.3 is 12.1 Å². The van der Waals surface area contributed by atoms with Crippen LogP contribution in [0.15, 0.2) is 30.3 Å². The number of nitrogens with zero attached hydrogens (tertiary/aromatic N) is 2. The molecule has 2 rings (SSSR count). The molecule has 4 amide bonds. The highest BCUT2D eigenvalue weighted by Crippen LogP contribution is 2.18. The second kappa shape index (κ2) is 6.70. The Balaban J connectivity index is 2.21. The van der Waals surface area contributed by atoms with E-state index < -0.39 is 6.03 Å². The molecule has 1 N–H and O–H groups in total. The van der Waals surface area contributed by atoms with Gasteiger partial charge in [-0.1, -0.05) is 18.2 Å². The predicted octanol–water partition coefficient (Wildman–Crippen LogP) is 1.53. The van der Waals surface area contributed by atoms with Crippen molar-refractivity contribution in [1.82, 2.24) is 10.2 Å².